The first-order chi connectivity index (χ1) is 17.7. The van der Waals surface area contributed by atoms with Gasteiger partial charge in [-0.25, -0.2) is 5.43 Å². The summed E-state index contributed by atoms with van der Waals surface area (Å²) in [6, 6.07) is 23.9. The van der Waals surface area contributed by atoms with E-state index in [0.717, 1.165) is 28.1 Å². The van der Waals surface area contributed by atoms with Crippen LogP contribution < -0.4 is 10.2 Å². The molecular weight excluding hydrogens is 482 g/mol. The van der Waals surface area contributed by atoms with E-state index < -0.39 is 0 Å². The number of hydrogen-bond acceptors (Lipinski definition) is 6. The zero-order chi connectivity index (χ0) is 26.4. The lowest BCUT2D eigenvalue weighted by Gasteiger charge is -2.18. The molecule has 1 amide bonds. The normalized spacial score (nSPS) is 11.6. The molecule has 4 rings (SSSR count). The first-order valence-corrected chi connectivity index (χ1v) is 13.0. The van der Waals surface area contributed by atoms with Gasteiger partial charge in [-0.2, -0.15) is 5.10 Å². The minimum absolute atomic E-state index is 0.0901. The third kappa shape index (κ3) is 6.65. The van der Waals surface area contributed by atoms with E-state index in [1.807, 2.05) is 72.2 Å². The van der Waals surface area contributed by atoms with Gasteiger partial charge in [0.15, 0.2) is 11.0 Å². The van der Waals surface area contributed by atoms with Crippen LogP contribution in [0.2, 0.25) is 0 Å². The van der Waals surface area contributed by atoms with E-state index >= 15 is 0 Å². The summed E-state index contributed by atoms with van der Waals surface area (Å²) in [7, 11) is 1.63. The number of aryl methyl sites for hydroxylation is 1. The lowest BCUT2D eigenvalue weighted by atomic mass is 9.87. The molecule has 37 heavy (non-hydrogen) atoms. The summed E-state index contributed by atoms with van der Waals surface area (Å²) in [6.07, 6.45) is 1.64. The van der Waals surface area contributed by atoms with E-state index in [4.69, 9.17) is 4.74 Å². The molecule has 1 N–H and O–H groups in total. The number of hydrogen-bond donors (Lipinski definition) is 1. The summed E-state index contributed by atoms with van der Waals surface area (Å²) in [6.45, 7) is 8.56. The van der Waals surface area contributed by atoms with Gasteiger partial charge in [0.1, 0.15) is 5.75 Å². The fourth-order valence-electron chi connectivity index (χ4n) is 3.63. The van der Waals surface area contributed by atoms with Crippen LogP contribution in [0, 0.1) is 6.92 Å². The van der Waals surface area contributed by atoms with Gasteiger partial charge in [0.25, 0.3) is 5.91 Å². The number of carbonyl (C=O) groups is 1. The highest BCUT2D eigenvalue weighted by Gasteiger charge is 2.17. The van der Waals surface area contributed by atoms with Crippen molar-refractivity contribution in [1.29, 1.82) is 0 Å². The van der Waals surface area contributed by atoms with Gasteiger partial charge in [-0.1, -0.05) is 86.6 Å². The van der Waals surface area contributed by atoms with Gasteiger partial charge in [-0.15, -0.1) is 10.2 Å². The number of carbonyl (C=O) groups excluding carboxylic acids is 1. The quantitative estimate of drug-likeness (QED) is 0.183. The van der Waals surface area contributed by atoms with Gasteiger partial charge in [0.2, 0.25) is 0 Å². The Morgan fingerprint density at radius 2 is 1.68 bits per heavy atom. The lowest BCUT2D eigenvalue weighted by Crippen LogP contribution is -2.20. The van der Waals surface area contributed by atoms with E-state index in [1.54, 1.807) is 13.3 Å². The van der Waals surface area contributed by atoms with E-state index in [1.165, 1.54) is 17.3 Å². The average molecular weight is 514 g/mol. The van der Waals surface area contributed by atoms with Gasteiger partial charge >= 0.3 is 0 Å². The highest BCUT2D eigenvalue weighted by atomic mass is 32.2. The molecule has 0 atom stereocenters. The maximum atomic E-state index is 12.5. The summed E-state index contributed by atoms with van der Waals surface area (Å²) in [5.74, 6) is 1.37. The van der Waals surface area contributed by atoms with E-state index in [9.17, 15) is 4.79 Å². The molecule has 0 saturated carbocycles. The molecule has 0 fully saturated rings. The molecule has 1 aromatic heterocycles. The van der Waals surface area contributed by atoms with Crippen molar-refractivity contribution in [1.82, 2.24) is 20.2 Å². The van der Waals surface area contributed by atoms with Crippen molar-refractivity contribution in [3.8, 4) is 22.8 Å². The van der Waals surface area contributed by atoms with Crippen LogP contribution in [-0.2, 0) is 10.2 Å². The standard InChI is InChI=1S/C29H31N5O2S/c1-20-6-10-22(11-7-20)27-32-33-28(34(27)24-14-16-25(36-5)17-15-24)37-19-26(35)31-30-18-21-8-12-23(13-9-21)29(2,3)4/h6-18H,19H2,1-5H3,(H,31,35)/b30-18-. The first-order valence-electron chi connectivity index (χ1n) is 12.0. The van der Waals surface area contributed by atoms with Crippen molar-refractivity contribution in [3.63, 3.8) is 0 Å². The molecule has 8 heteroatoms. The second kappa shape index (κ2) is 11.4. The van der Waals surface area contributed by atoms with Crippen molar-refractivity contribution in [2.24, 2.45) is 5.10 Å². The highest BCUT2D eigenvalue weighted by Crippen LogP contribution is 2.29. The maximum Gasteiger partial charge on any atom is 0.250 e. The molecule has 0 bridgehead atoms. The Balaban J connectivity index is 1.47. The molecule has 0 aliphatic carbocycles. The number of aromatic nitrogens is 3. The van der Waals surface area contributed by atoms with Gasteiger partial charge in [-0.3, -0.25) is 9.36 Å². The molecular formula is C29H31N5O2S. The van der Waals surface area contributed by atoms with Crippen molar-refractivity contribution >= 4 is 23.9 Å². The number of rotatable bonds is 8. The molecule has 0 aliphatic heterocycles. The third-order valence-corrected chi connectivity index (χ3v) is 6.71. The molecule has 3 aromatic carbocycles. The highest BCUT2D eigenvalue weighted by molar-refractivity contribution is 7.99. The Kier molecular flexibility index (Phi) is 8.08. The third-order valence-electron chi connectivity index (χ3n) is 5.79. The van der Waals surface area contributed by atoms with Crippen molar-refractivity contribution < 1.29 is 9.53 Å². The van der Waals surface area contributed by atoms with Crippen LogP contribution in [0.4, 0.5) is 0 Å². The predicted octanol–water partition coefficient (Wildman–Crippen LogP) is 5.79. The maximum absolute atomic E-state index is 12.5. The van der Waals surface area contributed by atoms with Gasteiger partial charge < -0.3 is 4.74 Å². The number of amides is 1. The largest absolute Gasteiger partial charge is 0.497 e. The molecule has 7 nitrogen and oxygen atoms in total. The van der Waals surface area contributed by atoms with Gasteiger partial charge in [0, 0.05) is 11.3 Å². The van der Waals surface area contributed by atoms with Gasteiger partial charge in [-0.05, 0) is 47.7 Å². The van der Waals surface area contributed by atoms with Crippen LogP contribution in [0.3, 0.4) is 0 Å². The molecule has 0 radical (unpaired) electrons. The lowest BCUT2D eigenvalue weighted by molar-refractivity contribution is -0.118. The fourth-order valence-corrected chi connectivity index (χ4v) is 4.37. The number of benzene rings is 3. The summed E-state index contributed by atoms with van der Waals surface area (Å²) in [5.41, 5.74) is 7.83. The zero-order valence-corrected chi connectivity index (χ0v) is 22.5. The van der Waals surface area contributed by atoms with Crippen molar-refractivity contribution in [3.05, 3.63) is 89.5 Å². The Hall–Kier alpha value is -3.91. The Bertz CT molecular complexity index is 1370. The Morgan fingerprint density at radius 1 is 1.00 bits per heavy atom. The smallest absolute Gasteiger partial charge is 0.250 e. The molecule has 0 aliphatic rings. The number of nitrogens with one attached hydrogen (secondary N) is 1. The van der Waals surface area contributed by atoms with Gasteiger partial charge in [0.05, 0.1) is 19.1 Å². The van der Waals surface area contributed by atoms with Crippen molar-refractivity contribution in [2.45, 2.75) is 38.3 Å². The number of ether oxygens (including phenoxy) is 1. The predicted molar refractivity (Wildman–Crippen MR) is 150 cm³/mol. The Morgan fingerprint density at radius 3 is 2.30 bits per heavy atom. The molecule has 0 spiro atoms. The van der Waals surface area contributed by atoms with Crippen LogP contribution in [0.15, 0.2) is 83.1 Å². The first kappa shape index (κ1) is 26.2. The number of nitrogens with zero attached hydrogens (tertiary/aromatic N) is 4. The topological polar surface area (TPSA) is 81.4 Å². The summed E-state index contributed by atoms with van der Waals surface area (Å²) < 4.78 is 7.25. The Labute approximate surface area is 222 Å². The number of hydrazone groups is 1. The average Bonchev–Trinajstić information content (AvgIpc) is 3.31. The van der Waals surface area contributed by atoms with Crippen LogP contribution >= 0.6 is 11.8 Å². The van der Waals surface area contributed by atoms with Crippen LogP contribution in [-0.4, -0.2) is 39.7 Å². The fraction of sp³-hybridized carbons (Fsp3) is 0.241. The monoisotopic (exact) mass is 513 g/mol. The van der Waals surface area contributed by atoms with E-state index in [0.29, 0.717) is 11.0 Å². The SMILES string of the molecule is COc1ccc(-n2c(SCC(=O)N/N=C\c3ccc(C(C)(C)C)cc3)nnc2-c2ccc(C)cc2)cc1. The van der Waals surface area contributed by atoms with E-state index in [-0.39, 0.29) is 17.1 Å². The molecule has 0 saturated heterocycles. The number of methoxy groups -OCH3 is 1. The molecule has 4 aromatic rings. The zero-order valence-electron chi connectivity index (χ0n) is 21.7. The summed E-state index contributed by atoms with van der Waals surface area (Å²) >= 11 is 1.30. The van der Waals surface area contributed by atoms with Crippen LogP contribution in [0.1, 0.15) is 37.5 Å². The second-order valence-corrected chi connectivity index (χ2v) is 10.6. The molecule has 1 heterocycles. The number of thioether (sulfide) groups is 1. The second-order valence-electron chi connectivity index (χ2n) is 9.66. The molecule has 190 valence electrons. The minimum Gasteiger partial charge on any atom is -0.497 e. The molecule has 0 unspecified atom stereocenters. The van der Waals surface area contributed by atoms with Crippen LogP contribution in [0.25, 0.3) is 17.1 Å². The summed E-state index contributed by atoms with van der Waals surface area (Å²) in [5, 5.41) is 13.5. The van der Waals surface area contributed by atoms with Crippen molar-refractivity contribution in [2.75, 3.05) is 12.9 Å². The minimum atomic E-state index is -0.228. The van der Waals surface area contributed by atoms with Crippen LogP contribution in [0.5, 0.6) is 5.75 Å². The summed E-state index contributed by atoms with van der Waals surface area (Å²) in [4.78, 5) is 12.5. The van der Waals surface area contributed by atoms with E-state index in [2.05, 4.69) is 53.6 Å².